The van der Waals surface area contributed by atoms with Crippen LogP contribution in [0.3, 0.4) is 0 Å². The number of aliphatic carboxylic acids is 1. The quantitative estimate of drug-likeness (QED) is 0.0611. The van der Waals surface area contributed by atoms with Gasteiger partial charge in [0, 0.05) is 6.08 Å². The van der Waals surface area contributed by atoms with Gasteiger partial charge in [-0.2, -0.15) is 0 Å². The summed E-state index contributed by atoms with van der Waals surface area (Å²) in [4.78, 5) is 40.7. The summed E-state index contributed by atoms with van der Waals surface area (Å²) in [6.07, 6.45) is -14.7. The topological polar surface area (TPSA) is 348 Å². The Hall–Kier alpha value is -3.85. The molecule has 23 atom stereocenters. The number of carbonyl (C=O) groups excluding carboxylic acids is 2. The zero-order chi connectivity index (χ0) is 57.7. The van der Waals surface area contributed by atoms with E-state index in [4.69, 9.17) is 37.9 Å². The van der Waals surface area contributed by atoms with Crippen molar-refractivity contribution in [3.63, 3.8) is 0 Å². The van der Waals surface area contributed by atoms with Crippen molar-refractivity contribution in [2.75, 3.05) is 20.3 Å². The number of ether oxygens (including phenoxy) is 8. The van der Waals surface area contributed by atoms with E-state index in [0.717, 1.165) is 30.9 Å². The standard InChI is InChI=1S/C57H82O22/c1-52(2)19-20-57(51(71)79-50-46(38(62)29(59)25-73-50)77-37(61)14-10-26-9-12-30(31(21-26)72-8)74-48-43(67)40(64)39(63)32(24-58)75-48)28(22-52)27-11-13-34-54(5)17-16-36(76-49-44(68)41(65)42(66)45(78-49)47(69)70)53(3,4)33(54)15-18-55(34,6)56(27,7)23-35(57)60/h9-12,14,21,28-29,32-36,38-46,48-50,58-60,62-68H,13,15-20,22-25H2,1-8H3,(H,69,70)/b14-10+/t28-,29+,32+,33?,34?,35+,36-,38-,39+,40-,41-,42-,43+,44+,45-,46+,48+,49+,50?,54-,55+,56+,57+/m0/s1. The minimum Gasteiger partial charge on any atom is -0.493 e. The summed E-state index contributed by atoms with van der Waals surface area (Å²) in [7, 11) is 1.34. The van der Waals surface area contributed by atoms with Crippen molar-refractivity contribution in [2.24, 2.45) is 50.2 Å². The molecule has 0 radical (unpaired) electrons. The number of carboxylic acids is 1. The third kappa shape index (κ3) is 10.0. The normalized spacial score (nSPS) is 46.3. The maximum atomic E-state index is 15.2. The Kier molecular flexibility index (Phi) is 16.4. The van der Waals surface area contributed by atoms with Crippen molar-refractivity contribution < 1.29 is 108 Å². The SMILES string of the molecule is COc1cc(/C=C/C(=O)O[C@H]2C(OC(=O)[C@]34CCC(C)(C)C[C@H]3C3=CCC5[C@@]6(C)CC[C@H](O[C@@H]7O[C@H](C(=O)O)[C@@H](O)[C@H](O)[C@H]7O)C(C)(C)C6CC[C@@]5(C)[C@]3(C)C[C@H]4O)OC[C@@H](O)[C@@H]2O)ccc1O[C@@H]1O[C@H](CO)[C@@H](O)[C@H](O)[C@H]1O. The van der Waals surface area contributed by atoms with Gasteiger partial charge in [-0.25, -0.2) is 9.59 Å². The number of aliphatic hydroxyl groups excluding tert-OH is 10. The molecule has 0 spiro atoms. The second-order valence-electron chi connectivity index (χ2n) is 25.8. The van der Waals surface area contributed by atoms with Crippen molar-refractivity contribution in [1.29, 1.82) is 0 Å². The van der Waals surface area contributed by atoms with Crippen molar-refractivity contribution in [2.45, 2.75) is 204 Å². The van der Waals surface area contributed by atoms with Crippen LogP contribution in [0.25, 0.3) is 6.08 Å². The van der Waals surface area contributed by atoms with E-state index in [1.54, 1.807) is 0 Å². The van der Waals surface area contributed by atoms with Crippen LogP contribution in [-0.2, 0) is 42.8 Å². The lowest BCUT2D eigenvalue weighted by Crippen LogP contribution is -2.68. The maximum Gasteiger partial charge on any atom is 0.335 e. The van der Waals surface area contributed by atoms with Crippen molar-refractivity contribution in [1.82, 2.24) is 0 Å². The highest BCUT2D eigenvalue weighted by atomic mass is 16.7. The van der Waals surface area contributed by atoms with Crippen LogP contribution in [0.2, 0.25) is 0 Å². The number of carboxylic acid groups (broad SMARTS) is 1. The first-order chi connectivity index (χ1) is 37.0. The number of rotatable bonds is 12. The number of carbonyl (C=O) groups is 3. The largest absolute Gasteiger partial charge is 0.493 e. The molecule has 79 heavy (non-hydrogen) atoms. The number of allylic oxidation sites excluding steroid dienone is 2. The Balaban J connectivity index is 0.922. The van der Waals surface area contributed by atoms with Gasteiger partial charge in [-0.05, 0) is 126 Å². The molecule has 22 heteroatoms. The number of fused-ring (bicyclic) bond motifs is 7. The molecule has 11 N–H and O–H groups in total. The molecule has 3 aliphatic heterocycles. The molecule has 3 unspecified atom stereocenters. The summed E-state index contributed by atoms with van der Waals surface area (Å²) in [5.41, 5.74) is -1.93. The van der Waals surface area contributed by atoms with Gasteiger partial charge in [0.15, 0.2) is 30.0 Å². The molecule has 442 valence electrons. The van der Waals surface area contributed by atoms with E-state index in [1.165, 1.54) is 31.4 Å². The summed E-state index contributed by atoms with van der Waals surface area (Å²) in [6.45, 7) is 14.3. The summed E-state index contributed by atoms with van der Waals surface area (Å²) in [6, 6.07) is 4.41. The molecular formula is C57H82O22. The van der Waals surface area contributed by atoms with Crippen molar-refractivity contribution in [3.8, 4) is 11.5 Å². The molecule has 1 aromatic carbocycles. The molecule has 3 heterocycles. The lowest BCUT2D eigenvalue weighted by molar-refractivity contribution is -0.324. The van der Waals surface area contributed by atoms with Gasteiger partial charge in [0.1, 0.15) is 60.4 Å². The van der Waals surface area contributed by atoms with Gasteiger partial charge in [0.2, 0.25) is 12.6 Å². The first-order valence-corrected chi connectivity index (χ1v) is 27.7. The maximum absolute atomic E-state index is 15.2. The molecule has 1 aromatic rings. The molecule has 8 aliphatic rings. The average Bonchev–Trinajstić information content (AvgIpc) is 3.54. The van der Waals surface area contributed by atoms with Crippen LogP contribution in [0.15, 0.2) is 35.9 Å². The second kappa shape index (κ2) is 21.7. The second-order valence-corrected chi connectivity index (χ2v) is 25.8. The predicted molar refractivity (Wildman–Crippen MR) is 274 cm³/mol. The summed E-state index contributed by atoms with van der Waals surface area (Å²) in [5.74, 6) is -3.35. The van der Waals surface area contributed by atoms with Crippen LogP contribution in [0, 0.1) is 50.2 Å². The van der Waals surface area contributed by atoms with E-state index in [2.05, 4.69) is 54.5 Å². The highest BCUT2D eigenvalue weighted by Gasteiger charge is 2.72. The Morgan fingerprint density at radius 3 is 2.11 bits per heavy atom. The molecule has 7 fully saturated rings. The highest BCUT2D eigenvalue weighted by molar-refractivity contribution is 5.87. The van der Waals surface area contributed by atoms with E-state index in [-0.39, 0.29) is 52.4 Å². The number of hydrogen-bond donors (Lipinski definition) is 11. The van der Waals surface area contributed by atoms with Gasteiger partial charge in [0.05, 0.1) is 32.5 Å². The third-order valence-electron chi connectivity index (χ3n) is 20.7. The lowest BCUT2D eigenvalue weighted by Gasteiger charge is -2.71. The molecule has 4 saturated carbocycles. The fourth-order valence-electron chi connectivity index (χ4n) is 16.0. The van der Waals surface area contributed by atoms with Crippen LogP contribution < -0.4 is 9.47 Å². The minimum atomic E-state index is -1.84. The van der Waals surface area contributed by atoms with Gasteiger partial charge < -0.3 is 94.1 Å². The number of hydrogen-bond acceptors (Lipinski definition) is 21. The molecule has 0 aromatic heterocycles. The van der Waals surface area contributed by atoms with E-state index in [1.807, 2.05) is 0 Å². The van der Waals surface area contributed by atoms with Crippen LogP contribution >= 0.6 is 0 Å². The van der Waals surface area contributed by atoms with Gasteiger partial charge in [-0.15, -0.1) is 0 Å². The molecular weight excluding hydrogens is 1040 g/mol. The first kappa shape index (κ1) is 59.8. The average molecular weight is 1120 g/mol. The zero-order valence-electron chi connectivity index (χ0n) is 46.1. The summed E-state index contributed by atoms with van der Waals surface area (Å²) in [5, 5.41) is 117. The molecule has 0 bridgehead atoms. The molecule has 9 rings (SSSR count). The molecule has 3 saturated heterocycles. The molecule has 22 nitrogen and oxygen atoms in total. The predicted octanol–water partition coefficient (Wildman–Crippen LogP) is 1.47. The minimum absolute atomic E-state index is 0.0513. The summed E-state index contributed by atoms with van der Waals surface area (Å²) >= 11 is 0. The zero-order valence-corrected chi connectivity index (χ0v) is 46.1. The Morgan fingerprint density at radius 2 is 1.43 bits per heavy atom. The Bertz CT molecular complexity index is 2500. The van der Waals surface area contributed by atoms with Crippen LogP contribution in [0.4, 0.5) is 0 Å². The van der Waals surface area contributed by atoms with Crippen molar-refractivity contribution >= 4 is 24.0 Å². The number of methoxy groups -OCH3 is 1. The smallest absolute Gasteiger partial charge is 0.335 e. The summed E-state index contributed by atoms with van der Waals surface area (Å²) < 4.78 is 46.4. The fraction of sp³-hybridized carbons (Fsp3) is 0.772. The van der Waals surface area contributed by atoms with Crippen LogP contribution in [-0.4, -0.2) is 193 Å². The number of benzene rings is 1. The van der Waals surface area contributed by atoms with Gasteiger partial charge >= 0.3 is 17.9 Å². The highest BCUT2D eigenvalue weighted by Crippen LogP contribution is 2.76. The number of esters is 2. The third-order valence-corrected chi connectivity index (χ3v) is 20.7. The van der Waals surface area contributed by atoms with Crippen LogP contribution in [0.5, 0.6) is 11.5 Å². The van der Waals surface area contributed by atoms with E-state index in [9.17, 15) is 65.8 Å². The number of aliphatic hydroxyl groups is 10. The molecule has 0 amide bonds. The van der Waals surface area contributed by atoms with Gasteiger partial charge in [-0.3, -0.25) is 4.79 Å². The van der Waals surface area contributed by atoms with Gasteiger partial charge in [-0.1, -0.05) is 66.2 Å². The Morgan fingerprint density at radius 1 is 0.734 bits per heavy atom. The Labute approximate surface area is 459 Å². The molecule has 5 aliphatic carbocycles. The van der Waals surface area contributed by atoms with E-state index < -0.39 is 152 Å². The monoisotopic (exact) mass is 1120 g/mol. The van der Waals surface area contributed by atoms with E-state index >= 15 is 4.79 Å². The lowest BCUT2D eigenvalue weighted by atomic mass is 9.33. The van der Waals surface area contributed by atoms with Crippen LogP contribution in [0.1, 0.15) is 112 Å². The van der Waals surface area contributed by atoms with Crippen molar-refractivity contribution in [3.05, 3.63) is 41.5 Å². The first-order valence-electron chi connectivity index (χ1n) is 27.7. The van der Waals surface area contributed by atoms with E-state index in [0.29, 0.717) is 31.2 Å². The van der Waals surface area contributed by atoms with Gasteiger partial charge in [0.25, 0.3) is 0 Å². The fourth-order valence-corrected chi connectivity index (χ4v) is 16.0.